The number of fused-ring (bicyclic) bond motifs is 1. The Kier molecular flexibility index (Phi) is 5.29. The molecule has 0 unspecified atom stereocenters. The minimum atomic E-state index is -3.70. The highest BCUT2D eigenvalue weighted by atomic mass is 32.2. The van der Waals surface area contributed by atoms with Crippen molar-refractivity contribution >= 4 is 27.3 Å². The number of carbonyl (C=O) groups excluding carboxylic acids is 1. The predicted molar refractivity (Wildman–Crippen MR) is 107 cm³/mol. The molecule has 29 heavy (non-hydrogen) atoms. The second kappa shape index (κ2) is 7.29. The summed E-state index contributed by atoms with van der Waals surface area (Å²) in [6, 6.07) is 7.88. The number of benzene rings is 2. The van der Waals surface area contributed by atoms with Gasteiger partial charge in [-0.15, -0.1) is 0 Å². The van der Waals surface area contributed by atoms with Gasteiger partial charge in [-0.2, -0.15) is 0 Å². The van der Waals surface area contributed by atoms with E-state index in [2.05, 4.69) is 5.32 Å². The first-order chi connectivity index (χ1) is 13.4. The molecule has 0 radical (unpaired) electrons. The van der Waals surface area contributed by atoms with Gasteiger partial charge < -0.3 is 10.1 Å². The zero-order valence-corrected chi connectivity index (χ0v) is 17.3. The van der Waals surface area contributed by atoms with Crippen molar-refractivity contribution in [3.8, 4) is 5.75 Å². The second-order valence-electron chi connectivity index (χ2n) is 7.95. The van der Waals surface area contributed by atoms with Crippen molar-refractivity contribution in [3.63, 3.8) is 0 Å². The third-order valence-electron chi connectivity index (χ3n) is 4.58. The maximum atomic E-state index is 13.8. The zero-order chi connectivity index (χ0) is 21.6. The van der Waals surface area contributed by atoms with Crippen molar-refractivity contribution in [3.05, 3.63) is 53.6 Å². The van der Waals surface area contributed by atoms with Crippen LogP contribution in [-0.4, -0.2) is 33.2 Å². The number of hydrogen-bond donors (Lipinski definition) is 1. The highest BCUT2D eigenvalue weighted by Gasteiger charge is 2.36. The lowest BCUT2D eigenvalue weighted by Gasteiger charge is -2.35. The van der Waals surface area contributed by atoms with E-state index in [1.807, 2.05) is 20.8 Å². The fourth-order valence-corrected chi connectivity index (χ4v) is 3.88. The fraction of sp³-hybridized carbons (Fsp3) is 0.350. The molecule has 1 aliphatic heterocycles. The summed E-state index contributed by atoms with van der Waals surface area (Å²) >= 11 is 0. The van der Waals surface area contributed by atoms with Crippen LogP contribution in [0.1, 0.15) is 26.3 Å². The summed E-state index contributed by atoms with van der Waals surface area (Å²) in [7, 11) is -3.70. The minimum absolute atomic E-state index is 0.216. The topological polar surface area (TPSA) is 75.7 Å². The Morgan fingerprint density at radius 1 is 1.17 bits per heavy atom. The molecule has 0 saturated carbocycles. The third kappa shape index (κ3) is 4.50. The highest BCUT2D eigenvalue weighted by molar-refractivity contribution is 7.92. The minimum Gasteiger partial charge on any atom is -0.476 e. The van der Waals surface area contributed by atoms with Gasteiger partial charge in [-0.25, -0.2) is 17.2 Å². The number of rotatable bonds is 3. The van der Waals surface area contributed by atoms with Crippen LogP contribution in [0.4, 0.5) is 20.2 Å². The van der Waals surface area contributed by atoms with E-state index in [1.54, 1.807) is 18.2 Å². The van der Waals surface area contributed by atoms with Gasteiger partial charge >= 0.3 is 0 Å². The number of carbonyl (C=O) groups is 1. The Hall–Kier alpha value is -2.68. The zero-order valence-electron chi connectivity index (χ0n) is 16.5. The first kappa shape index (κ1) is 21.0. The number of nitrogens with zero attached hydrogens (tertiary/aromatic N) is 1. The van der Waals surface area contributed by atoms with Gasteiger partial charge in [0.1, 0.15) is 17.4 Å². The Labute approximate surface area is 168 Å². The molecular formula is C20H22F2N2O4S. The Morgan fingerprint density at radius 2 is 1.86 bits per heavy atom. The summed E-state index contributed by atoms with van der Waals surface area (Å²) in [5, 5.41) is 2.32. The first-order valence-corrected chi connectivity index (χ1v) is 10.8. The molecule has 6 nitrogen and oxygen atoms in total. The number of anilines is 2. The van der Waals surface area contributed by atoms with Crippen LogP contribution in [0.2, 0.25) is 0 Å². The normalized spacial score (nSPS) is 16.8. The summed E-state index contributed by atoms with van der Waals surface area (Å²) in [5.74, 6) is -2.23. The van der Waals surface area contributed by atoms with Gasteiger partial charge in [0.2, 0.25) is 10.0 Å². The molecule has 3 rings (SSSR count). The smallest absolute Gasteiger partial charge is 0.267 e. The number of sulfonamides is 1. The molecule has 0 spiro atoms. The van der Waals surface area contributed by atoms with Crippen LogP contribution in [-0.2, 0) is 20.2 Å². The van der Waals surface area contributed by atoms with Crippen LogP contribution < -0.4 is 14.4 Å². The van der Waals surface area contributed by atoms with E-state index in [9.17, 15) is 22.0 Å². The van der Waals surface area contributed by atoms with Gasteiger partial charge in [-0.1, -0.05) is 26.8 Å². The lowest BCUT2D eigenvalue weighted by Crippen LogP contribution is -2.48. The summed E-state index contributed by atoms with van der Waals surface area (Å²) < 4.78 is 58.4. The average Bonchev–Trinajstić information content (AvgIpc) is 2.61. The number of amides is 1. The van der Waals surface area contributed by atoms with Crippen LogP contribution >= 0.6 is 0 Å². The molecular weight excluding hydrogens is 402 g/mol. The SMILES string of the molecule is CC(C)(C)c1ccc2c(c1)N(S(C)(=O)=O)C[C@@H](C(=O)Nc1ccc(F)cc1F)O2. The van der Waals surface area contributed by atoms with Gasteiger partial charge in [0.05, 0.1) is 24.2 Å². The van der Waals surface area contributed by atoms with Crippen molar-refractivity contribution < 1.29 is 26.7 Å². The molecule has 1 atom stereocenters. The molecule has 0 bridgehead atoms. The lowest BCUT2D eigenvalue weighted by atomic mass is 9.86. The van der Waals surface area contributed by atoms with Crippen molar-refractivity contribution in [1.82, 2.24) is 0 Å². The summed E-state index contributed by atoms with van der Waals surface area (Å²) in [6.45, 7) is 5.72. The number of hydrogen-bond acceptors (Lipinski definition) is 4. The van der Waals surface area contributed by atoms with Gasteiger partial charge in [0, 0.05) is 6.07 Å². The van der Waals surface area contributed by atoms with Crippen LogP contribution in [0.5, 0.6) is 5.75 Å². The maximum Gasteiger partial charge on any atom is 0.267 e. The summed E-state index contributed by atoms with van der Waals surface area (Å²) in [6.07, 6.45) is -0.164. The van der Waals surface area contributed by atoms with Gasteiger partial charge in [0.25, 0.3) is 5.91 Å². The number of nitrogens with one attached hydrogen (secondary N) is 1. The van der Waals surface area contributed by atoms with Crippen LogP contribution in [0.3, 0.4) is 0 Å². The molecule has 2 aromatic carbocycles. The number of halogens is 2. The molecule has 1 amide bonds. The van der Waals surface area contributed by atoms with Gasteiger partial charge in [-0.05, 0) is 35.2 Å². The quantitative estimate of drug-likeness (QED) is 0.819. The third-order valence-corrected chi connectivity index (χ3v) is 5.72. The summed E-state index contributed by atoms with van der Waals surface area (Å²) in [4.78, 5) is 12.6. The molecule has 1 heterocycles. The maximum absolute atomic E-state index is 13.8. The van der Waals surface area contributed by atoms with E-state index in [1.165, 1.54) is 0 Å². The van der Waals surface area contributed by atoms with E-state index in [-0.39, 0.29) is 23.4 Å². The van der Waals surface area contributed by atoms with Crippen molar-refractivity contribution in [2.24, 2.45) is 0 Å². The average molecular weight is 424 g/mol. The predicted octanol–water partition coefficient (Wildman–Crippen LogP) is 3.43. The first-order valence-electron chi connectivity index (χ1n) is 8.91. The lowest BCUT2D eigenvalue weighted by molar-refractivity contribution is -0.122. The number of ether oxygens (including phenoxy) is 1. The van der Waals surface area contributed by atoms with Crippen molar-refractivity contribution in [1.29, 1.82) is 0 Å². The van der Waals surface area contributed by atoms with E-state index in [4.69, 9.17) is 4.74 Å². The molecule has 9 heteroatoms. The molecule has 0 aliphatic carbocycles. The molecule has 1 aliphatic rings. The molecule has 1 N–H and O–H groups in total. The molecule has 0 aromatic heterocycles. The van der Waals surface area contributed by atoms with Crippen LogP contribution in [0, 0.1) is 11.6 Å². The second-order valence-corrected chi connectivity index (χ2v) is 9.85. The van der Waals surface area contributed by atoms with Gasteiger partial charge in [0.15, 0.2) is 6.10 Å². The Balaban J connectivity index is 1.93. The van der Waals surface area contributed by atoms with Crippen molar-refractivity contribution in [2.75, 3.05) is 22.4 Å². The van der Waals surface area contributed by atoms with Gasteiger partial charge in [-0.3, -0.25) is 9.10 Å². The molecule has 0 saturated heterocycles. The van der Waals surface area contributed by atoms with E-state index >= 15 is 0 Å². The molecule has 156 valence electrons. The van der Waals surface area contributed by atoms with Crippen LogP contribution in [0.25, 0.3) is 0 Å². The van der Waals surface area contributed by atoms with E-state index in [0.717, 1.165) is 28.3 Å². The Bertz CT molecular complexity index is 1060. The van der Waals surface area contributed by atoms with E-state index in [0.29, 0.717) is 11.8 Å². The highest BCUT2D eigenvalue weighted by Crippen LogP contribution is 2.38. The fourth-order valence-electron chi connectivity index (χ4n) is 2.97. The monoisotopic (exact) mass is 424 g/mol. The summed E-state index contributed by atoms with van der Waals surface area (Å²) in [5.41, 5.74) is 0.813. The standard InChI is InChI=1S/C20H22F2N2O4S/c1-20(2,3)12-5-8-17-16(9-12)24(29(4,26)27)11-18(28-17)19(25)23-15-7-6-13(21)10-14(15)22/h5-10,18H,11H2,1-4H3,(H,23,25)/t18-/m0/s1. The molecule has 2 aromatic rings. The van der Waals surface area contributed by atoms with E-state index < -0.39 is 33.7 Å². The largest absolute Gasteiger partial charge is 0.476 e. The Morgan fingerprint density at radius 3 is 2.45 bits per heavy atom. The van der Waals surface area contributed by atoms with Crippen LogP contribution in [0.15, 0.2) is 36.4 Å². The molecule has 0 fully saturated rings. The van der Waals surface area contributed by atoms with Crippen molar-refractivity contribution in [2.45, 2.75) is 32.3 Å².